The van der Waals surface area contributed by atoms with E-state index in [1.165, 1.54) is 14.2 Å². The van der Waals surface area contributed by atoms with Crippen LogP contribution in [-0.4, -0.2) is 63.0 Å². The van der Waals surface area contributed by atoms with Gasteiger partial charge in [-0.3, -0.25) is 14.5 Å². The lowest BCUT2D eigenvalue weighted by Crippen LogP contribution is -2.32. The number of hydrogen-bond acceptors (Lipinski definition) is 8. The van der Waals surface area contributed by atoms with Gasteiger partial charge in [-0.1, -0.05) is 12.1 Å². The molecule has 0 aliphatic rings. The number of hydrogen-bond donors (Lipinski definition) is 2. The lowest BCUT2D eigenvalue weighted by molar-refractivity contribution is -0.119. The third kappa shape index (κ3) is 6.62. The number of thiophene rings is 1. The van der Waals surface area contributed by atoms with Crippen molar-refractivity contribution < 1.29 is 28.7 Å². The van der Waals surface area contributed by atoms with Crippen LogP contribution in [0.4, 0.5) is 10.7 Å². The molecule has 2 aromatic rings. The highest BCUT2D eigenvalue weighted by molar-refractivity contribution is 7.18. The summed E-state index contributed by atoms with van der Waals surface area (Å²) in [6.07, 6.45) is 0.0817. The number of methoxy groups -OCH3 is 2. The summed E-state index contributed by atoms with van der Waals surface area (Å²) in [5.74, 6) is -1.80. The molecule has 0 fully saturated rings. The maximum absolute atomic E-state index is 12.5. The Bertz CT molecular complexity index is 1060. The van der Waals surface area contributed by atoms with E-state index in [1.807, 2.05) is 32.0 Å². The smallest absolute Gasteiger partial charge is 0.348 e. The fourth-order valence-corrected chi connectivity index (χ4v) is 4.25. The lowest BCUT2D eigenvalue weighted by Gasteiger charge is -2.17. The number of anilines is 2. The van der Waals surface area contributed by atoms with Crippen molar-refractivity contribution in [3.8, 4) is 0 Å². The minimum atomic E-state index is -0.658. The van der Waals surface area contributed by atoms with Crippen molar-refractivity contribution >= 4 is 45.8 Å². The van der Waals surface area contributed by atoms with Crippen LogP contribution in [-0.2, 0) is 19.1 Å². The van der Waals surface area contributed by atoms with E-state index >= 15 is 0 Å². The monoisotopic (exact) mass is 475 g/mol. The van der Waals surface area contributed by atoms with Gasteiger partial charge < -0.3 is 20.1 Å². The Hall–Kier alpha value is -3.24. The number of nitrogens with one attached hydrogen (secondary N) is 2. The van der Waals surface area contributed by atoms with Gasteiger partial charge in [-0.05, 0) is 50.6 Å². The Morgan fingerprint density at radius 1 is 0.939 bits per heavy atom. The van der Waals surface area contributed by atoms with Crippen molar-refractivity contribution in [3.05, 3.63) is 45.3 Å². The van der Waals surface area contributed by atoms with Crippen LogP contribution in [0, 0.1) is 20.8 Å². The average molecular weight is 476 g/mol. The van der Waals surface area contributed by atoms with E-state index in [1.54, 1.807) is 18.9 Å². The number of amides is 2. The van der Waals surface area contributed by atoms with Gasteiger partial charge in [-0.25, -0.2) is 9.59 Å². The van der Waals surface area contributed by atoms with Gasteiger partial charge in [0, 0.05) is 18.7 Å². The molecule has 0 saturated heterocycles. The fourth-order valence-electron chi connectivity index (χ4n) is 3.12. The van der Waals surface area contributed by atoms with Gasteiger partial charge in [0.05, 0.1) is 26.3 Å². The van der Waals surface area contributed by atoms with Gasteiger partial charge in [0.25, 0.3) is 0 Å². The average Bonchev–Trinajstić information content (AvgIpc) is 3.09. The van der Waals surface area contributed by atoms with Gasteiger partial charge >= 0.3 is 11.9 Å². The van der Waals surface area contributed by atoms with Gasteiger partial charge in [0.1, 0.15) is 9.88 Å². The van der Waals surface area contributed by atoms with Gasteiger partial charge in [0.2, 0.25) is 11.8 Å². The van der Waals surface area contributed by atoms with Crippen LogP contribution >= 0.6 is 11.3 Å². The van der Waals surface area contributed by atoms with E-state index in [2.05, 4.69) is 10.6 Å². The number of likely N-dealkylation sites (N-methyl/N-ethyl adjacent to an activating group) is 1. The van der Waals surface area contributed by atoms with Crippen molar-refractivity contribution in [2.75, 3.05) is 45.0 Å². The molecule has 33 heavy (non-hydrogen) atoms. The molecule has 0 aliphatic heterocycles. The van der Waals surface area contributed by atoms with Crippen molar-refractivity contribution in [1.29, 1.82) is 0 Å². The Morgan fingerprint density at radius 2 is 1.61 bits per heavy atom. The molecule has 0 spiro atoms. The van der Waals surface area contributed by atoms with Crippen LogP contribution in [0.2, 0.25) is 0 Å². The van der Waals surface area contributed by atoms with Crippen LogP contribution in [0.15, 0.2) is 18.2 Å². The second kappa shape index (κ2) is 11.6. The predicted octanol–water partition coefficient (Wildman–Crippen LogP) is 3.15. The number of esters is 2. The molecule has 2 amide bonds. The molecule has 1 heterocycles. The first-order chi connectivity index (χ1) is 15.6. The van der Waals surface area contributed by atoms with E-state index in [-0.39, 0.29) is 40.2 Å². The minimum Gasteiger partial charge on any atom is -0.465 e. The molecular formula is C23H29N3O6S. The van der Waals surface area contributed by atoms with Crippen LogP contribution in [0.3, 0.4) is 0 Å². The Balaban J connectivity index is 1.97. The highest BCUT2D eigenvalue weighted by atomic mass is 32.1. The fraction of sp³-hybridized carbons (Fsp3) is 0.391. The van der Waals surface area contributed by atoms with Crippen molar-refractivity contribution in [3.63, 3.8) is 0 Å². The molecule has 9 nitrogen and oxygen atoms in total. The number of ether oxygens (including phenoxy) is 2. The topological polar surface area (TPSA) is 114 Å². The zero-order valence-electron chi connectivity index (χ0n) is 19.7. The molecule has 10 heteroatoms. The second-order valence-electron chi connectivity index (χ2n) is 7.58. The number of rotatable bonds is 9. The number of benzene rings is 1. The summed E-state index contributed by atoms with van der Waals surface area (Å²) in [6, 6.07) is 5.70. The molecule has 178 valence electrons. The minimum absolute atomic E-state index is 0.0817. The van der Waals surface area contributed by atoms with E-state index in [9.17, 15) is 19.2 Å². The zero-order chi connectivity index (χ0) is 24.7. The maximum atomic E-state index is 12.5. The summed E-state index contributed by atoms with van der Waals surface area (Å²) >= 11 is 0.954. The number of nitrogens with zero attached hydrogens (tertiary/aromatic N) is 1. The number of carbonyl (C=O) groups is 4. The summed E-state index contributed by atoms with van der Waals surface area (Å²) in [5.41, 5.74) is 3.36. The normalized spacial score (nSPS) is 10.6. The van der Waals surface area contributed by atoms with Gasteiger partial charge in [-0.15, -0.1) is 11.3 Å². The summed E-state index contributed by atoms with van der Waals surface area (Å²) in [5, 5.41) is 5.78. The molecule has 2 N–H and O–H groups in total. The number of carbonyl (C=O) groups excluding carboxylic acids is 4. The van der Waals surface area contributed by atoms with Crippen LogP contribution in [0.1, 0.15) is 43.1 Å². The molecule has 0 aliphatic carbocycles. The van der Waals surface area contributed by atoms with E-state index in [4.69, 9.17) is 9.47 Å². The van der Waals surface area contributed by atoms with E-state index in [0.29, 0.717) is 12.1 Å². The molecular weight excluding hydrogens is 446 g/mol. The van der Waals surface area contributed by atoms with Gasteiger partial charge in [0.15, 0.2) is 0 Å². The summed E-state index contributed by atoms with van der Waals surface area (Å²) in [6.45, 7) is 5.93. The highest BCUT2D eigenvalue weighted by Crippen LogP contribution is 2.34. The molecule has 1 aromatic carbocycles. The molecule has 0 saturated carbocycles. The lowest BCUT2D eigenvalue weighted by atomic mass is 10.1. The van der Waals surface area contributed by atoms with Crippen LogP contribution < -0.4 is 10.6 Å². The third-order valence-corrected chi connectivity index (χ3v) is 6.36. The summed E-state index contributed by atoms with van der Waals surface area (Å²) in [4.78, 5) is 50.9. The first-order valence-electron chi connectivity index (χ1n) is 10.2. The van der Waals surface area contributed by atoms with Crippen LogP contribution in [0.25, 0.3) is 0 Å². The first-order valence-corrected chi connectivity index (χ1v) is 11.0. The van der Waals surface area contributed by atoms with Crippen molar-refractivity contribution in [2.24, 2.45) is 0 Å². The number of aryl methyl sites for hydroxylation is 1. The van der Waals surface area contributed by atoms with E-state index in [0.717, 1.165) is 28.2 Å². The van der Waals surface area contributed by atoms with Crippen molar-refractivity contribution in [1.82, 2.24) is 4.90 Å². The SMILES string of the molecule is COC(=O)c1sc(NC(=O)CCN(C)CC(=O)Nc2cccc(C)c2C)c(C(=O)OC)c1C. The van der Waals surface area contributed by atoms with Crippen molar-refractivity contribution in [2.45, 2.75) is 27.2 Å². The molecule has 0 bridgehead atoms. The molecule has 2 rings (SSSR count). The quantitative estimate of drug-likeness (QED) is 0.536. The highest BCUT2D eigenvalue weighted by Gasteiger charge is 2.26. The zero-order valence-corrected chi connectivity index (χ0v) is 20.5. The van der Waals surface area contributed by atoms with Gasteiger partial charge in [-0.2, -0.15) is 0 Å². The molecule has 0 atom stereocenters. The molecule has 0 radical (unpaired) electrons. The molecule has 0 unspecified atom stereocenters. The van der Waals surface area contributed by atoms with Crippen LogP contribution in [0.5, 0.6) is 0 Å². The molecule has 1 aromatic heterocycles. The Kier molecular flexibility index (Phi) is 9.12. The second-order valence-corrected chi connectivity index (χ2v) is 8.60. The third-order valence-electron chi connectivity index (χ3n) is 5.17. The standard InChI is InChI=1S/C23H29N3O6S/c1-13-8-7-9-16(14(13)2)24-18(28)12-26(4)11-10-17(27)25-21-19(22(29)31-5)15(3)20(33-21)23(30)32-6/h7-9H,10-12H2,1-6H3,(H,24,28)(H,25,27). The van der Waals surface area contributed by atoms with E-state index < -0.39 is 11.9 Å². The Labute approximate surface area is 197 Å². The largest absolute Gasteiger partial charge is 0.465 e. The summed E-state index contributed by atoms with van der Waals surface area (Å²) in [7, 11) is 4.20. The first kappa shape index (κ1) is 26.0. The Morgan fingerprint density at radius 3 is 2.24 bits per heavy atom. The summed E-state index contributed by atoms with van der Waals surface area (Å²) < 4.78 is 9.52. The predicted molar refractivity (Wildman–Crippen MR) is 127 cm³/mol. The maximum Gasteiger partial charge on any atom is 0.348 e.